The highest BCUT2D eigenvalue weighted by Gasteiger charge is 2.07. The highest BCUT2D eigenvalue weighted by Crippen LogP contribution is 2.07. The summed E-state index contributed by atoms with van der Waals surface area (Å²) in [6.07, 6.45) is 3.72. The second kappa shape index (κ2) is 11.0. The first kappa shape index (κ1) is 18.4. The van der Waals surface area contributed by atoms with Crippen LogP contribution in [0, 0.1) is 0 Å². The Morgan fingerprint density at radius 3 is 2.45 bits per heavy atom. The van der Waals surface area contributed by atoms with Gasteiger partial charge in [-0.2, -0.15) is 0 Å². The van der Waals surface area contributed by atoms with Crippen LogP contribution in [0.3, 0.4) is 0 Å². The van der Waals surface area contributed by atoms with E-state index in [9.17, 15) is 9.59 Å². The normalized spacial score (nSPS) is 10.7. The molecule has 0 heterocycles. The van der Waals surface area contributed by atoms with Crippen LogP contribution in [0.4, 0.5) is 0 Å². The van der Waals surface area contributed by atoms with Gasteiger partial charge in [0.15, 0.2) is 0 Å². The van der Waals surface area contributed by atoms with E-state index >= 15 is 0 Å². The van der Waals surface area contributed by atoms with Crippen molar-refractivity contribution in [2.45, 2.75) is 39.5 Å². The Hall–Kier alpha value is -1.68. The monoisotopic (exact) mass is 305 g/mol. The molecule has 122 valence electrons. The van der Waals surface area contributed by atoms with Crippen LogP contribution in [0.2, 0.25) is 0 Å². The first-order valence-corrected chi connectivity index (χ1v) is 8.09. The summed E-state index contributed by atoms with van der Waals surface area (Å²) in [4.78, 5) is 24.7. The lowest BCUT2D eigenvalue weighted by Gasteiger charge is -2.20. The Kier molecular flexibility index (Phi) is 9.15. The summed E-state index contributed by atoms with van der Waals surface area (Å²) in [7, 11) is 0. The van der Waals surface area contributed by atoms with Gasteiger partial charge in [0, 0.05) is 13.0 Å². The van der Waals surface area contributed by atoms with E-state index in [0.717, 1.165) is 49.9 Å². The van der Waals surface area contributed by atoms with Gasteiger partial charge in [0.2, 0.25) is 0 Å². The molecule has 22 heavy (non-hydrogen) atoms. The van der Waals surface area contributed by atoms with Crippen molar-refractivity contribution >= 4 is 12.3 Å². The van der Waals surface area contributed by atoms with E-state index in [1.807, 2.05) is 24.3 Å². The van der Waals surface area contributed by atoms with Crippen molar-refractivity contribution in [3.8, 4) is 0 Å². The van der Waals surface area contributed by atoms with E-state index in [2.05, 4.69) is 18.7 Å². The molecule has 0 amide bonds. The van der Waals surface area contributed by atoms with E-state index < -0.39 is 0 Å². The highest BCUT2D eigenvalue weighted by atomic mass is 16.5. The number of aldehydes is 1. The zero-order valence-corrected chi connectivity index (χ0v) is 13.7. The molecular formula is C18H27NO3. The first-order chi connectivity index (χ1) is 10.7. The maximum Gasteiger partial charge on any atom is 0.310 e. The summed E-state index contributed by atoms with van der Waals surface area (Å²) >= 11 is 0. The minimum Gasteiger partial charge on any atom is -0.464 e. The molecule has 0 aromatic heterocycles. The zero-order chi connectivity index (χ0) is 16.2. The maximum atomic E-state index is 11.9. The topological polar surface area (TPSA) is 46.6 Å². The number of benzene rings is 1. The summed E-state index contributed by atoms with van der Waals surface area (Å²) < 4.78 is 5.32. The van der Waals surface area contributed by atoms with Gasteiger partial charge in [-0.25, -0.2) is 0 Å². The largest absolute Gasteiger partial charge is 0.464 e. The number of hydrogen-bond acceptors (Lipinski definition) is 4. The smallest absolute Gasteiger partial charge is 0.310 e. The van der Waals surface area contributed by atoms with E-state index in [1.165, 1.54) is 0 Å². The Balaban J connectivity index is 2.36. The molecule has 0 unspecified atom stereocenters. The molecule has 0 fully saturated rings. The molecule has 0 radical (unpaired) electrons. The van der Waals surface area contributed by atoms with Crippen molar-refractivity contribution in [1.82, 2.24) is 4.90 Å². The van der Waals surface area contributed by atoms with Crippen LogP contribution in [0.1, 0.15) is 37.8 Å². The lowest BCUT2D eigenvalue weighted by Crippen LogP contribution is -2.30. The lowest BCUT2D eigenvalue weighted by molar-refractivity contribution is -0.143. The molecule has 4 heteroatoms. The van der Waals surface area contributed by atoms with Gasteiger partial charge in [-0.3, -0.25) is 9.69 Å². The Bertz CT molecular complexity index is 453. The van der Waals surface area contributed by atoms with Gasteiger partial charge in [-0.1, -0.05) is 38.1 Å². The van der Waals surface area contributed by atoms with Crippen LogP contribution < -0.4 is 0 Å². The highest BCUT2D eigenvalue weighted by molar-refractivity contribution is 5.72. The lowest BCUT2D eigenvalue weighted by atomic mass is 10.1. The average molecular weight is 305 g/mol. The van der Waals surface area contributed by atoms with Crippen LogP contribution in [-0.4, -0.2) is 43.4 Å². The molecule has 0 spiro atoms. The van der Waals surface area contributed by atoms with Crippen LogP contribution in [0.15, 0.2) is 24.3 Å². The van der Waals surface area contributed by atoms with Gasteiger partial charge in [-0.15, -0.1) is 0 Å². The van der Waals surface area contributed by atoms with E-state index in [0.29, 0.717) is 13.0 Å². The third kappa shape index (κ3) is 7.36. The summed E-state index contributed by atoms with van der Waals surface area (Å²) in [6.45, 7) is 7.62. The Morgan fingerprint density at radius 1 is 1.14 bits per heavy atom. The summed E-state index contributed by atoms with van der Waals surface area (Å²) in [6, 6.07) is 7.52. The number of hydrogen-bond donors (Lipinski definition) is 0. The van der Waals surface area contributed by atoms with Gasteiger partial charge in [0.05, 0.1) is 6.42 Å². The van der Waals surface area contributed by atoms with Crippen LogP contribution in [0.25, 0.3) is 0 Å². The van der Waals surface area contributed by atoms with E-state index in [1.54, 1.807) is 0 Å². The summed E-state index contributed by atoms with van der Waals surface area (Å²) in [5.41, 5.74) is 1.82. The van der Waals surface area contributed by atoms with Crippen LogP contribution in [0.5, 0.6) is 0 Å². The fraction of sp³-hybridized carbons (Fsp3) is 0.556. The van der Waals surface area contributed by atoms with E-state index in [-0.39, 0.29) is 12.4 Å². The minimum absolute atomic E-state index is 0.212. The van der Waals surface area contributed by atoms with Gasteiger partial charge in [0.1, 0.15) is 12.9 Å². The molecule has 0 aliphatic carbocycles. The maximum absolute atomic E-state index is 11.9. The van der Waals surface area contributed by atoms with Crippen molar-refractivity contribution < 1.29 is 14.3 Å². The molecule has 0 bridgehead atoms. The second-order valence-corrected chi connectivity index (χ2v) is 5.43. The third-order valence-corrected chi connectivity index (χ3v) is 3.41. The average Bonchev–Trinajstić information content (AvgIpc) is 2.48. The Labute approximate surface area is 133 Å². The predicted molar refractivity (Wildman–Crippen MR) is 87.9 cm³/mol. The van der Waals surface area contributed by atoms with Crippen molar-refractivity contribution in [1.29, 1.82) is 0 Å². The molecule has 1 aromatic carbocycles. The van der Waals surface area contributed by atoms with Crippen LogP contribution >= 0.6 is 0 Å². The number of rotatable bonds is 11. The number of carbonyl (C=O) groups excluding carboxylic acids is 2. The quantitative estimate of drug-likeness (QED) is 0.466. The molecule has 1 aromatic rings. The SMILES string of the molecule is CCCN(CCC)CCOC(=O)Cc1cccc(CC=O)c1. The molecule has 0 aliphatic heterocycles. The van der Waals surface area contributed by atoms with Crippen molar-refractivity contribution in [2.75, 3.05) is 26.2 Å². The van der Waals surface area contributed by atoms with Gasteiger partial charge >= 0.3 is 5.97 Å². The third-order valence-electron chi connectivity index (χ3n) is 3.41. The molecule has 0 aliphatic rings. The van der Waals surface area contributed by atoms with Crippen molar-refractivity contribution in [2.24, 2.45) is 0 Å². The standard InChI is InChI=1S/C18H27NO3/c1-3-9-19(10-4-2)11-13-22-18(21)15-17-7-5-6-16(14-17)8-12-20/h5-7,12,14H,3-4,8-11,13,15H2,1-2H3. The van der Waals surface area contributed by atoms with Crippen LogP contribution in [-0.2, 0) is 27.2 Å². The number of esters is 1. The van der Waals surface area contributed by atoms with Gasteiger partial charge in [0.25, 0.3) is 0 Å². The van der Waals surface area contributed by atoms with Crippen molar-refractivity contribution in [3.63, 3.8) is 0 Å². The van der Waals surface area contributed by atoms with E-state index in [4.69, 9.17) is 4.74 Å². The summed E-state index contributed by atoms with van der Waals surface area (Å²) in [5, 5.41) is 0. The second-order valence-electron chi connectivity index (χ2n) is 5.43. The van der Waals surface area contributed by atoms with Crippen molar-refractivity contribution in [3.05, 3.63) is 35.4 Å². The predicted octanol–water partition coefficient (Wildman–Crippen LogP) is 2.64. The molecular weight excluding hydrogens is 278 g/mol. The molecule has 4 nitrogen and oxygen atoms in total. The molecule has 0 atom stereocenters. The number of ether oxygens (including phenoxy) is 1. The number of carbonyl (C=O) groups is 2. The minimum atomic E-state index is -0.212. The molecule has 0 saturated carbocycles. The Morgan fingerprint density at radius 2 is 1.82 bits per heavy atom. The first-order valence-electron chi connectivity index (χ1n) is 8.09. The summed E-state index contributed by atoms with van der Waals surface area (Å²) in [5.74, 6) is -0.212. The zero-order valence-electron chi connectivity index (χ0n) is 13.7. The molecule has 0 N–H and O–H groups in total. The molecule has 1 rings (SSSR count). The van der Waals surface area contributed by atoms with Gasteiger partial charge < -0.3 is 9.53 Å². The fourth-order valence-corrected chi connectivity index (χ4v) is 2.44. The molecule has 0 saturated heterocycles. The van der Waals surface area contributed by atoms with Gasteiger partial charge in [-0.05, 0) is 37.1 Å². The fourth-order valence-electron chi connectivity index (χ4n) is 2.44. The number of nitrogens with zero attached hydrogens (tertiary/aromatic N) is 1.